The van der Waals surface area contributed by atoms with Crippen LogP contribution in [-0.2, 0) is 23.0 Å². The largest absolute Gasteiger partial charge is 0.440 e. The number of benzene rings is 1. The number of nitrogens with zero attached hydrogens (tertiary/aromatic N) is 2. The van der Waals surface area contributed by atoms with Crippen molar-refractivity contribution in [2.24, 2.45) is 0 Å². The van der Waals surface area contributed by atoms with Crippen LogP contribution in [0, 0.1) is 6.92 Å². The molecule has 0 saturated carbocycles. The van der Waals surface area contributed by atoms with Gasteiger partial charge in [0.05, 0.1) is 11.1 Å². The van der Waals surface area contributed by atoms with Crippen LogP contribution in [0.1, 0.15) is 17.0 Å². The highest BCUT2D eigenvalue weighted by Crippen LogP contribution is 2.34. The Kier molecular flexibility index (Phi) is 3.79. The molecule has 24 heavy (non-hydrogen) atoms. The standard InChI is InChI=1S/C17H16N2O3S2/c1-12-18-10-15(22-12)16-6-7-17(23-16)24(20,21)19-9-8-13-4-2-3-5-14(13)11-19/h2-7,10H,8-9,11H2,1H3. The normalized spacial score (nSPS) is 15.4. The van der Waals surface area contributed by atoms with Gasteiger partial charge >= 0.3 is 0 Å². The van der Waals surface area contributed by atoms with Crippen LogP contribution in [-0.4, -0.2) is 24.3 Å². The zero-order valence-electron chi connectivity index (χ0n) is 13.1. The van der Waals surface area contributed by atoms with E-state index in [0.29, 0.717) is 28.9 Å². The lowest BCUT2D eigenvalue weighted by molar-refractivity contribution is 0.392. The Balaban J connectivity index is 1.63. The van der Waals surface area contributed by atoms with E-state index in [4.69, 9.17) is 4.42 Å². The molecular formula is C17H16N2O3S2. The van der Waals surface area contributed by atoms with E-state index in [1.807, 2.05) is 18.2 Å². The Labute approximate surface area is 144 Å². The summed E-state index contributed by atoms with van der Waals surface area (Å²) in [4.78, 5) is 4.83. The first-order valence-electron chi connectivity index (χ1n) is 7.63. The number of hydrogen-bond donors (Lipinski definition) is 0. The Hall–Kier alpha value is -1.96. The van der Waals surface area contributed by atoms with Gasteiger partial charge in [0.15, 0.2) is 11.7 Å². The van der Waals surface area contributed by atoms with Crippen LogP contribution in [0.5, 0.6) is 0 Å². The molecule has 3 aromatic rings. The van der Waals surface area contributed by atoms with Crippen LogP contribution in [0.4, 0.5) is 0 Å². The smallest absolute Gasteiger partial charge is 0.252 e. The quantitative estimate of drug-likeness (QED) is 0.717. The van der Waals surface area contributed by atoms with E-state index in [2.05, 4.69) is 11.1 Å². The van der Waals surface area contributed by atoms with Crippen LogP contribution < -0.4 is 0 Å². The Morgan fingerprint density at radius 2 is 1.96 bits per heavy atom. The summed E-state index contributed by atoms with van der Waals surface area (Å²) in [6.45, 7) is 2.70. The third-order valence-electron chi connectivity index (χ3n) is 4.14. The van der Waals surface area contributed by atoms with E-state index in [0.717, 1.165) is 16.9 Å². The summed E-state index contributed by atoms with van der Waals surface area (Å²) in [5.41, 5.74) is 2.31. The minimum Gasteiger partial charge on any atom is -0.440 e. The van der Waals surface area contributed by atoms with Crippen LogP contribution in [0.3, 0.4) is 0 Å². The third kappa shape index (κ3) is 2.68. The predicted octanol–water partition coefficient (Wildman–Crippen LogP) is 3.46. The fourth-order valence-corrected chi connectivity index (χ4v) is 5.69. The Bertz CT molecular complexity index is 989. The molecule has 124 valence electrons. The summed E-state index contributed by atoms with van der Waals surface area (Å²) in [6, 6.07) is 11.4. The predicted molar refractivity (Wildman–Crippen MR) is 92.3 cm³/mol. The molecule has 7 heteroatoms. The monoisotopic (exact) mass is 360 g/mol. The second-order valence-corrected chi connectivity index (χ2v) is 8.97. The van der Waals surface area contributed by atoms with Gasteiger partial charge in [-0.15, -0.1) is 11.3 Å². The second-order valence-electron chi connectivity index (χ2n) is 5.72. The van der Waals surface area contributed by atoms with E-state index < -0.39 is 10.0 Å². The minimum atomic E-state index is -3.50. The van der Waals surface area contributed by atoms with Crippen molar-refractivity contribution in [2.75, 3.05) is 6.54 Å². The van der Waals surface area contributed by atoms with Crippen molar-refractivity contribution in [1.29, 1.82) is 0 Å². The lowest BCUT2D eigenvalue weighted by Crippen LogP contribution is -2.35. The topological polar surface area (TPSA) is 63.4 Å². The summed E-state index contributed by atoms with van der Waals surface area (Å²) in [7, 11) is -3.50. The van der Waals surface area contributed by atoms with Crippen molar-refractivity contribution >= 4 is 21.4 Å². The molecule has 2 aromatic heterocycles. The van der Waals surface area contributed by atoms with E-state index in [1.165, 1.54) is 16.9 Å². The number of sulfonamides is 1. The van der Waals surface area contributed by atoms with Gasteiger partial charge in [-0.1, -0.05) is 24.3 Å². The highest BCUT2D eigenvalue weighted by molar-refractivity contribution is 7.91. The van der Waals surface area contributed by atoms with Gasteiger partial charge in [-0.2, -0.15) is 4.31 Å². The maximum Gasteiger partial charge on any atom is 0.252 e. The number of thiophene rings is 1. The maximum absolute atomic E-state index is 12.9. The van der Waals surface area contributed by atoms with Crippen LogP contribution >= 0.6 is 11.3 Å². The Morgan fingerprint density at radius 1 is 1.17 bits per heavy atom. The molecule has 0 fully saturated rings. The number of fused-ring (bicyclic) bond motifs is 1. The fraction of sp³-hybridized carbons (Fsp3) is 0.235. The molecule has 0 saturated heterocycles. The van der Waals surface area contributed by atoms with Gasteiger partial charge in [-0.3, -0.25) is 0 Å². The average Bonchev–Trinajstić information content (AvgIpc) is 3.23. The minimum absolute atomic E-state index is 0.339. The molecule has 3 heterocycles. The molecule has 1 aliphatic rings. The van der Waals surface area contributed by atoms with E-state index in [9.17, 15) is 8.42 Å². The summed E-state index contributed by atoms with van der Waals surface area (Å²) >= 11 is 1.22. The zero-order valence-corrected chi connectivity index (χ0v) is 14.7. The maximum atomic E-state index is 12.9. The van der Waals surface area contributed by atoms with E-state index in [1.54, 1.807) is 29.6 Å². The Morgan fingerprint density at radius 3 is 2.71 bits per heavy atom. The van der Waals surface area contributed by atoms with Gasteiger partial charge < -0.3 is 4.42 Å². The van der Waals surface area contributed by atoms with Crippen molar-refractivity contribution in [3.05, 3.63) is 59.6 Å². The summed E-state index contributed by atoms with van der Waals surface area (Å²) in [5, 5.41) is 0. The van der Waals surface area contributed by atoms with Crippen molar-refractivity contribution in [3.8, 4) is 10.6 Å². The molecule has 0 aliphatic carbocycles. The highest BCUT2D eigenvalue weighted by atomic mass is 32.2. The number of oxazole rings is 1. The lowest BCUT2D eigenvalue weighted by Gasteiger charge is -2.27. The van der Waals surface area contributed by atoms with Gasteiger partial charge in [-0.25, -0.2) is 13.4 Å². The lowest BCUT2D eigenvalue weighted by atomic mass is 10.0. The SMILES string of the molecule is Cc1ncc(-c2ccc(S(=O)(=O)N3CCc4ccccc4C3)s2)o1. The molecule has 4 rings (SSSR count). The van der Waals surface area contributed by atoms with Crippen molar-refractivity contribution in [1.82, 2.24) is 9.29 Å². The number of hydrogen-bond acceptors (Lipinski definition) is 5. The van der Waals surface area contributed by atoms with Gasteiger partial charge in [0.1, 0.15) is 4.21 Å². The fourth-order valence-electron chi connectivity index (χ4n) is 2.87. The molecule has 5 nitrogen and oxygen atoms in total. The van der Waals surface area contributed by atoms with Gasteiger partial charge in [0, 0.05) is 20.0 Å². The molecular weight excluding hydrogens is 344 g/mol. The number of aromatic nitrogens is 1. The first kappa shape index (κ1) is 15.6. The molecule has 1 aliphatic heterocycles. The molecule has 0 spiro atoms. The molecule has 0 radical (unpaired) electrons. The van der Waals surface area contributed by atoms with Gasteiger partial charge in [0.25, 0.3) is 10.0 Å². The summed E-state index contributed by atoms with van der Waals surface area (Å²) in [6.07, 6.45) is 2.36. The highest BCUT2D eigenvalue weighted by Gasteiger charge is 2.29. The molecule has 0 N–H and O–H groups in total. The van der Waals surface area contributed by atoms with E-state index in [-0.39, 0.29) is 0 Å². The van der Waals surface area contributed by atoms with Gasteiger partial charge in [0.2, 0.25) is 0 Å². The van der Waals surface area contributed by atoms with Crippen molar-refractivity contribution in [3.63, 3.8) is 0 Å². The van der Waals surface area contributed by atoms with Crippen molar-refractivity contribution < 1.29 is 12.8 Å². The number of rotatable bonds is 3. The van der Waals surface area contributed by atoms with Crippen LogP contribution in [0.15, 0.2) is 51.2 Å². The first-order valence-corrected chi connectivity index (χ1v) is 9.89. The first-order chi connectivity index (χ1) is 11.5. The second kappa shape index (κ2) is 5.84. The molecule has 0 amide bonds. The van der Waals surface area contributed by atoms with Crippen LogP contribution in [0.25, 0.3) is 10.6 Å². The third-order valence-corrected chi connectivity index (χ3v) is 7.55. The molecule has 0 unspecified atom stereocenters. The van der Waals surface area contributed by atoms with Gasteiger partial charge in [-0.05, 0) is 29.7 Å². The summed E-state index contributed by atoms with van der Waals surface area (Å²) < 4.78 is 33.2. The zero-order chi connectivity index (χ0) is 16.7. The van der Waals surface area contributed by atoms with Crippen molar-refractivity contribution in [2.45, 2.75) is 24.1 Å². The van der Waals surface area contributed by atoms with E-state index >= 15 is 0 Å². The molecule has 0 atom stereocenters. The molecule has 1 aromatic carbocycles. The summed E-state index contributed by atoms with van der Waals surface area (Å²) in [5.74, 6) is 1.17. The molecule has 0 bridgehead atoms. The van der Waals surface area contributed by atoms with Crippen LogP contribution in [0.2, 0.25) is 0 Å². The number of aryl methyl sites for hydroxylation is 1. The average molecular weight is 360 g/mol.